The molecular weight excluding hydrogens is 300 g/mol. The summed E-state index contributed by atoms with van der Waals surface area (Å²) in [5, 5.41) is 2.81. The summed E-state index contributed by atoms with van der Waals surface area (Å²) in [6.07, 6.45) is 5.13. The number of hydrogen-bond acceptors (Lipinski definition) is 2. The summed E-state index contributed by atoms with van der Waals surface area (Å²) in [6.45, 7) is 3.13. The van der Waals surface area contributed by atoms with Crippen LogP contribution in [-0.4, -0.2) is 35.8 Å². The molecule has 1 aliphatic heterocycles. The topological polar surface area (TPSA) is 49.4 Å². The molecule has 3 fully saturated rings. The monoisotopic (exact) mass is 326 g/mol. The number of aryl methyl sites for hydroxylation is 2. The van der Waals surface area contributed by atoms with Crippen molar-refractivity contribution in [2.24, 2.45) is 17.8 Å². The van der Waals surface area contributed by atoms with Crippen molar-refractivity contribution < 1.29 is 9.59 Å². The number of carbonyl (C=O) groups is 2. The molecule has 1 N–H and O–H groups in total. The summed E-state index contributed by atoms with van der Waals surface area (Å²) in [4.78, 5) is 26.4. The van der Waals surface area contributed by atoms with Crippen LogP contribution in [0, 0.1) is 24.7 Å². The van der Waals surface area contributed by atoms with Gasteiger partial charge in [0.05, 0.1) is 6.54 Å². The van der Waals surface area contributed by atoms with Crippen LogP contribution in [0.4, 0.5) is 0 Å². The van der Waals surface area contributed by atoms with Crippen LogP contribution in [0.15, 0.2) is 24.3 Å². The molecule has 4 heteroatoms. The fourth-order valence-corrected chi connectivity index (χ4v) is 4.98. The lowest BCUT2D eigenvalue weighted by Gasteiger charge is -2.50. The van der Waals surface area contributed by atoms with E-state index in [9.17, 15) is 9.59 Å². The Bertz CT molecular complexity index is 638. The van der Waals surface area contributed by atoms with Crippen molar-refractivity contribution in [2.75, 3.05) is 13.1 Å². The fraction of sp³-hybridized carbons (Fsp3) is 0.600. The van der Waals surface area contributed by atoms with Gasteiger partial charge in [0.25, 0.3) is 0 Å². The minimum absolute atomic E-state index is 0.0334. The van der Waals surface area contributed by atoms with E-state index in [1.54, 1.807) is 0 Å². The average Bonchev–Trinajstić information content (AvgIpc) is 3.09. The number of carbonyl (C=O) groups excluding carboxylic acids is 2. The van der Waals surface area contributed by atoms with E-state index in [2.05, 4.69) is 36.5 Å². The van der Waals surface area contributed by atoms with Gasteiger partial charge in [-0.3, -0.25) is 9.59 Å². The minimum Gasteiger partial charge on any atom is -0.347 e. The van der Waals surface area contributed by atoms with Gasteiger partial charge in [-0.2, -0.15) is 0 Å². The Labute approximate surface area is 143 Å². The lowest BCUT2D eigenvalue weighted by Crippen LogP contribution is -2.62. The van der Waals surface area contributed by atoms with Gasteiger partial charge in [0.2, 0.25) is 11.8 Å². The quantitative estimate of drug-likeness (QED) is 0.902. The van der Waals surface area contributed by atoms with Crippen molar-refractivity contribution in [1.29, 1.82) is 0 Å². The summed E-state index contributed by atoms with van der Waals surface area (Å²) in [6, 6.07) is 8.73. The summed E-state index contributed by atoms with van der Waals surface area (Å²) in [5.74, 6) is 2.43. The molecule has 4 nitrogen and oxygen atoms in total. The number of benzene rings is 1. The van der Waals surface area contributed by atoms with E-state index in [-0.39, 0.29) is 18.4 Å². The summed E-state index contributed by atoms with van der Waals surface area (Å²) in [5.41, 5.74) is 2.39. The lowest BCUT2D eigenvalue weighted by atomic mass is 9.77. The molecule has 0 unspecified atom stereocenters. The SMILES string of the molecule is Cc1ccc(CCC(=O)NCC(=O)N2C[C@H]3[C@H]4CC[C@@H](C4)[C@@H]32)cc1. The average molecular weight is 326 g/mol. The Balaban J connectivity index is 1.20. The van der Waals surface area contributed by atoms with Gasteiger partial charge in [-0.05, 0) is 50.0 Å². The van der Waals surface area contributed by atoms with Crippen LogP contribution in [0.5, 0.6) is 0 Å². The summed E-state index contributed by atoms with van der Waals surface area (Å²) in [7, 11) is 0. The molecule has 4 atom stereocenters. The van der Waals surface area contributed by atoms with Crippen LogP contribution in [-0.2, 0) is 16.0 Å². The minimum atomic E-state index is -0.0334. The van der Waals surface area contributed by atoms with Gasteiger partial charge in [0.15, 0.2) is 0 Å². The van der Waals surface area contributed by atoms with E-state index in [0.29, 0.717) is 12.5 Å². The smallest absolute Gasteiger partial charge is 0.242 e. The molecule has 1 saturated heterocycles. The van der Waals surface area contributed by atoms with E-state index in [1.807, 2.05) is 4.90 Å². The Hall–Kier alpha value is -1.84. The zero-order chi connectivity index (χ0) is 16.7. The maximum Gasteiger partial charge on any atom is 0.242 e. The van der Waals surface area contributed by atoms with Crippen molar-refractivity contribution >= 4 is 11.8 Å². The molecule has 2 amide bonds. The van der Waals surface area contributed by atoms with Crippen LogP contribution < -0.4 is 5.32 Å². The van der Waals surface area contributed by atoms with Crippen LogP contribution in [0.3, 0.4) is 0 Å². The van der Waals surface area contributed by atoms with Crippen molar-refractivity contribution in [3.63, 3.8) is 0 Å². The number of nitrogens with one attached hydrogen (secondary N) is 1. The Morgan fingerprint density at radius 3 is 2.67 bits per heavy atom. The van der Waals surface area contributed by atoms with E-state index in [4.69, 9.17) is 0 Å². The van der Waals surface area contributed by atoms with Crippen LogP contribution in [0.2, 0.25) is 0 Å². The second kappa shape index (κ2) is 6.23. The van der Waals surface area contributed by atoms with Crippen molar-refractivity contribution in [2.45, 2.75) is 45.1 Å². The number of rotatable bonds is 5. The highest BCUT2D eigenvalue weighted by atomic mass is 16.2. The number of amides is 2. The van der Waals surface area contributed by atoms with Crippen molar-refractivity contribution in [3.05, 3.63) is 35.4 Å². The molecule has 3 aliphatic rings. The van der Waals surface area contributed by atoms with Crippen LogP contribution >= 0.6 is 0 Å². The number of nitrogens with zero attached hydrogens (tertiary/aromatic N) is 1. The first-order valence-corrected chi connectivity index (χ1v) is 9.23. The number of hydrogen-bond donors (Lipinski definition) is 1. The molecule has 24 heavy (non-hydrogen) atoms. The highest BCUT2D eigenvalue weighted by molar-refractivity contribution is 5.85. The second-order valence-corrected chi connectivity index (χ2v) is 7.80. The molecule has 1 aromatic carbocycles. The normalized spacial score (nSPS) is 30.0. The highest BCUT2D eigenvalue weighted by Crippen LogP contribution is 2.55. The fourth-order valence-electron chi connectivity index (χ4n) is 4.98. The van der Waals surface area contributed by atoms with Crippen LogP contribution in [0.1, 0.15) is 36.8 Å². The van der Waals surface area contributed by atoms with Crippen molar-refractivity contribution in [1.82, 2.24) is 10.2 Å². The maximum atomic E-state index is 12.4. The van der Waals surface area contributed by atoms with Gasteiger partial charge in [0.1, 0.15) is 0 Å². The van der Waals surface area contributed by atoms with E-state index in [0.717, 1.165) is 36.3 Å². The first-order valence-electron chi connectivity index (χ1n) is 9.23. The van der Waals surface area contributed by atoms with Gasteiger partial charge in [-0.1, -0.05) is 29.8 Å². The van der Waals surface area contributed by atoms with Gasteiger partial charge in [0, 0.05) is 24.9 Å². The Morgan fingerprint density at radius 1 is 1.17 bits per heavy atom. The Kier molecular flexibility index (Phi) is 4.07. The molecule has 4 rings (SSSR count). The Morgan fingerprint density at radius 2 is 1.92 bits per heavy atom. The molecule has 0 radical (unpaired) electrons. The third kappa shape index (κ3) is 2.83. The van der Waals surface area contributed by atoms with E-state index >= 15 is 0 Å². The highest BCUT2D eigenvalue weighted by Gasteiger charge is 2.57. The zero-order valence-corrected chi connectivity index (χ0v) is 14.3. The first-order chi connectivity index (χ1) is 11.6. The molecule has 1 aromatic rings. The molecule has 1 heterocycles. The van der Waals surface area contributed by atoms with Crippen molar-refractivity contribution in [3.8, 4) is 0 Å². The summed E-state index contributed by atoms with van der Waals surface area (Å²) < 4.78 is 0. The predicted molar refractivity (Wildman–Crippen MR) is 92.3 cm³/mol. The number of likely N-dealkylation sites (tertiary alicyclic amines) is 1. The molecule has 2 aliphatic carbocycles. The van der Waals surface area contributed by atoms with Gasteiger partial charge in [-0.25, -0.2) is 0 Å². The predicted octanol–water partition coefficient (Wildman–Crippen LogP) is 2.30. The summed E-state index contributed by atoms with van der Waals surface area (Å²) >= 11 is 0. The molecule has 2 bridgehead atoms. The molecule has 0 spiro atoms. The third-order valence-corrected chi connectivity index (χ3v) is 6.33. The molecular formula is C20H26N2O2. The van der Waals surface area contributed by atoms with E-state index in [1.165, 1.54) is 24.8 Å². The van der Waals surface area contributed by atoms with E-state index < -0.39 is 0 Å². The molecule has 128 valence electrons. The second-order valence-electron chi connectivity index (χ2n) is 7.80. The number of fused-ring (bicyclic) bond motifs is 5. The van der Waals surface area contributed by atoms with Gasteiger partial charge in [-0.15, -0.1) is 0 Å². The van der Waals surface area contributed by atoms with Crippen LogP contribution in [0.25, 0.3) is 0 Å². The zero-order valence-electron chi connectivity index (χ0n) is 14.3. The largest absolute Gasteiger partial charge is 0.347 e. The lowest BCUT2D eigenvalue weighted by molar-refractivity contribution is -0.147. The van der Waals surface area contributed by atoms with Gasteiger partial charge < -0.3 is 10.2 Å². The molecule has 0 aromatic heterocycles. The third-order valence-electron chi connectivity index (χ3n) is 6.33. The molecule has 2 saturated carbocycles. The van der Waals surface area contributed by atoms with Gasteiger partial charge >= 0.3 is 0 Å². The maximum absolute atomic E-state index is 12.4. The first kappa shape index (κ1) is 15.7. The standard InChI is InChI=1S/C20H26N2O2/c1-13-2-4-14(5-3-13)6-9-18(23)21-11-19(24)22-12-17-15-7-8-16(10-15)20(17)22/h2-5,15-17,20H,6-12H2,1H3,(H,21,23)/t15-,16-,17-,20-/m0/s1.